The van der Waals surface area contributed by atoms with Crippen LogP contribution in [0.2, 0.25) is 5.02 Å². The van der Waals surface area contributed by atoms with Gasteiger partial charge in [0.25, 0.3) is 0 Å². The highest BCUT2D eigenvalue weighted by Crippen LogP contribution is 2.26. The summed E-state index contributed by atoms with van der Waals surface area (Å²) in [5, 5.41) is 0.184. The van der Waals surface area contributed by atoms with Crippen LogP contribution in [0.25, 0.3) is 0 Å². The van der Waals surface area contributed by atoms with E-state index in [4.69, 9.17) is 16.3 Å². The maximum absolute atomic E-state index is 12.9. The van der Waals surface area contributed by atoms with Crippen molar-refractivity contribution in [2.75, 3.05) is 13.3 Å². The van der Waals surface area contributed by atoms with Gasteiger partial charge in [-0.2, -0.15) is 0 Å². The summed E-state index contributed by atoms with van der Waals surface area (Å²) >= 11 is 5.93. The van der Waals surface area contributed by atoms with Crippen molar-refractivity contribution in [2.45, 2.75) is 20.0 Å². The summed E-state index contributed by atoms with van der Waals surface area (Å²) < 4.78 is 47.2. The van der Waals surface area contributed by atoms with Crippen LogP contribution < -0.4 is 4.74 Å². The summed E-state index contributed by atoms with van der Waals surface area (Å²) in [7, 11) is 0. The molecule has 1 aromatic rings. The average molecular weight is 323 g/mol. The number of allylic oxidation sites excluding steroid dienone is 1. The zero-order chi connectivity index (χ0) is 16.0. The molecule has 0 aliphatic heterocycles. The van der Waals surface area contributed by atoms with Gasteiger partial charge in [0.05, 0.1) is 16.7 Å². The number of hydrogen-bond donors (Lipinski definition) is 0. The average Bonchev–Trinajstić information content (AvgIpc) is 2.45. The Balaban J connectivity index is 2.74. The Kier molecular flexibility index (Phi) is 6.55. The van der Waals surface area contributed by atoms with Gasteiger partial charge in [-0.1, -0.05) is 11.6 Å². The molecular formula is C14H14ClF3O3. The Morgan fingerprint density at radius 2 is 1.95 bits per heavy atom. The maximum Gasteiger partial charge on any atom is 0.338 e. The molecule has 0 bridgehead atoms. The summed E-state index contributed by atoms with van der Waals surface area (Å²) in [6, 6.07) is 4.13. The smallest absolute Gasteiger partial charge is 0.338 e. The van der Waals surface area contributed by atoms with E-state index < -0.39 is 30.9 Å². The second-order valence-electron chi connectivity index (χ2n) is 4.33. The van der Waals surface area contributed by atoms with Crippen LogP contribution in [0.5, 0.6) is 5.75 Å². The molecule has 116 valence electrons. The maximum atomic E-state index is 12.9. The van der Waals surface area contributed by atoms with Gasteiger partial charge in [-0.15, -0.1) is 0 Å². The zero-order valence-electron chi connectivity index (χ0n) is 11.5. The lowest BCUT2D eigenvalue weighted by molar-refractivity contribution is 0.0516. The monoisotopic (exact) mass is 322 g/mol. The lowest BCUT2D eigenvalue weighted by Gasteiger charge is -2.12. The second-order valence-corrected chi connectivity index (χ2v) is 4.74. The van der Waals surface area contributed by atoms with Crippen molar-refractivity contribution in [3.8, 4) is 5.75 Å². The molecular weight excluding hydrogens is 309 g/mol. The van der Waals surface area contributed by atoms with E-state index in [0.29, 0.717) is 5.75 Å². The number of alkyl halides is 1. The molecule has 3 nitrogen and oxygen atoms in total. The quantitative estimate of drug-likeness (QED) is 0.728. The van der Waals surface area contributed by atoms with E-state index in [1.165, 1.54) is 18.2 Å². The number of benzene rings is 1. The number of carbonyl (C=O) groups excluding carboxylic acids is 1. The molecule has 0 heterocycles. The van der Waals surface area contributed by atoms with Gasteiger partial charge in [0, 0.05) is 0 Å². The van der Waals surface area contributed by atoms with Crippen molar-refractivity contribution in [2.24, 2.45) is 0 Å². The van der Waals surface area contributed by atoms with Crippen LogP contribution in [-0.4, -0.2) is 25.4 Å². The fraction of sp³-hybridized carbons (Fsp3) is 0.357. The van der Waals surface area contributed by atoms with Gasteiger partial charge in [0.1, 0.15) is 19.0 Å². The molecule has 7 heteroatoms. The number of rotatable bonds is 6. The summed E-state index contributed by atoms with van der Waals surface area (Å²) in [5.74, 6) is -3.58. The van der Waals surface area contributed by atoms with E-state index in [9.17, 15) is 18.0 Å². The largest absolute Gasteiger partial charge is 0.489 e. The summed E-state index contributed by atoms with van der Waals surface area (Å²) in [6.45, 7) is 1.06. The number of esters is 1. The third-order valence-electron chi connectivity index (χ3n) is 2.27. The van der Waals surface area contributed by atoms with E-state index in [2.05, 4.69) is 4.74 Å². The van der Waals surface area contributed by atoms with E-state index in [0.717, 1.165) is 0 Å². The van der Waals surface area contributed by atoms with Crippen LogP contribution >= 0.6 is 11.6 Å². The number of ether oxygens (including phenoxy) is 2. The molecule has 0 aromatic heterocycles. The minimum Gasteiger partial charge on any atom is -0.489 e. The Bertz CT molecular complexity index is 544. The fourth-order valence-electron chi connectivity index (χ4n) is 1.34. The summed E-state index contributed by atoms with van der Waals surface area (Å²) in [4.78, 5) is 11.6. The van der Waals surface area contributed by atoms with Gasteiger partial charge in [-0.05, 0) is 32.0 Å². The highest BCUT2D eigenvalue weighted by Gasteiger charge is 2.14. The molecule has 1 rings (SSSR count). The minimum absolute atomic E-state index is 0.0459. The highest BCUT2D eigenvalue weighted by molar-refractivity contribution is 6.32. The van der Waals surface area contributed by atoms with Crippen LogP contribution in [0.4, 0.5) is 13.2 Å². The molecule has 0 atom stereocenters. The first-order chi connectivity index (χ1) is 9.85. The van der Waals surface area contributed by atoms with Crippen molar-refractivity contribution < 1.29 is 27.4 Å². The van der Waals surface area contributed by atoms with E-state index in [1.54, 1.807) is 0 Å². The van der Waals surface area contributed by atoms with Crippen molar-refractivity contribution in [3.05, 3.63) is 40.4 Å². The van der Waals surface area contributed by atoms with E-state index >= 15 is 0 Å². The normalized spacial score (nSPS) is 12.1. The van der Waals surface area contributed by atoms with Gasteiger partial charge in [-0.3, -0.25) is 0 Å². The van der Waals surface area contributed by atoms with Crippen LogP contribution in [-0.2, 0) is 4.74 Å². The topological polar surface area (TPSA) is 35.5 Å². The second kappa shape index (κ2) is 7.93. The first kappa shape index (κ1) is 17.4. The summed E-state index contributed by atoms with van der Waals surface area (Å²) in [5.41, 5.74) is 0.0459. The van der Waals surface area contributed by atoms with Crippen LogP contribution in [0.3, 0.4) is 0 Å². The van der Waals surface area contributed by atoms with Crippen LogP contribution in [0.15, 0.2) is 29.9 Å². The zero-order valence-corrected chi connectivity index (χ0v) is 12.2. The predicted octanol–water partition coefficient (Wildman–Crippen LogP) is 4.40. The van der Waals surface area contributed by atoms with Crippen LogP contribution in [0, 0.1) is 0 Å². The van der Waals surface area contributed by atoms with Crippen molar-refractivity contribution in [3.63, 3.8) is 0 Å². The highest BCUT2D eigenvalue weighted by atomic mass is 35.5. The predicted molar refractivity (Wildman–Crippen MR) is 72.7 cm³/mol. The molecule has 0 aliphatic rings. The lowest BCUT2D eigenvalue weighted by atomic mass is 10.2. The molecule has 1 aromatic carbocycles. The van der Waals surface area contributed by atoms with Gasteiger partial charge in [0.2, 0.25) is 0 Å². The minimum atomic E-state index is -1.60. The fourth-order valence-corrected chi connectivity index (χ4v) is 1.57. The van der Waals surface area contributed by atoms with Gasteiger partial charge in [-0.25, -0.2) is 18.0 Å². The Morgan fingerprint density at radius 3 is 2.48 bits per heavy atom. The Labute approximate surface area is 125 Å². The van der Waals surface area contributed by atoms with E-state index in [-0.39, 0.29) is 16.7 Å². The molecule has 0 saturated carbocycles. The van der Waals surface area contributed by atoms with Gasteiger partial charge >= 0.3 is 5.97 Å². The van der Waals surface area contributed by atoms with Crippen LogP contribution in [0.1, 0.15) is 24.2 Å². The molecule has 0 unspecified atom stereocenters. The molecule has 0 radical (unpaired) electrons. The molecule has 0 saturated heterocycles. The molecule has 0 spiro atoms. The molecule has 0 N–H and O–H groups in total. The van der Waals surface area contributed by atoms with Gasteiger partial charge < -0.3 is 9.47 Å². The molecule has 0 aliphatic carbocycles. The first-order valence-electron chi connectivity index (χ1n) is 6.07. The third-order valence-corrected chi connectivity index (χ3v) is 2.57. The molecule has 0 fully saturated rings. The SMILES string of the molecule is CC(C)Oc1ccc(C(=O)OC/C(F)=C(/F)CF)cc1Cl. The number of hydrogen-bond acceptors (Lipinski definition) is 3. The molecule has 0 amide bonds. The molecule has 21 heavy (non-hydrogen) atoms. The van der Waals surface area contributed by atoms with E-state index in [1.807, 2.05) is 13.8 Å². The number of halogens is 4. The van der Waals surface area contributed by atoms with Crippen molar-refractivity contribution in [1.82, 2.24) is 0 Å². The standard InChI is InChI=1S/C14H14ClF3O3/c1-8(2)21-13-4-3-9(5-10(13)15)14(19)20-7-12(18)11(17)6-16/h3-5,8H,6-7H2,1-2H3/b12-11-. The van der Waals surface area contributed by atoms with Gasteiger partial charge in [0.15, 0.2) is 11.7 Å². The van der Waals surface area contributed by atoms with Crippen molar-refractivity contribution in [1.29, 1.82) is 0 Å². The summed E-state index contributed by atoms with van der Waals surface area (Å²) in [6.07, 6.45) is -0.0942. The Morgan fingerprint density at radius 1 is 1.29 bits per heavy atom. The lowest BCUT2D eigenvalue weighted by Crippen LogP contribution is -2.09. The Hall–Kier alpha value is -1.69. The first-order valence-corrected chi connectivity index (χ1v) is 6.45. The van der Waals surface area contributed by atoms with Crippen molar-refractivity contribution >= 4 is 17.6 Å². The third kappa shape index (κ3) is 5.30. The number of carbonyl (C=O) groups is 1.